The van der Waals surface area contributed by atoms with E-state index >= 15 is 0 Å². The third-order valence-electron chi connectivity index (χ3n) is 4.21. The zero-order chi connectivity index (χ0) is 19.4. The molecule has 0 aliphatic heterocycles. The third kappa shape index (κ3) is 4.36. The monoisotopic (exact) mass is 379 g/mol. The molecule has 0 aliphatic rings. The molecule has 0 saturated carbocycles. The van der Waals surface area contributed by atoms with E-state index in [-0.39, 0.29) is 16.4 Å². The Morgan fingerprint density at radius 1 is 1.11 bits per heavy atom. The largest absolute Gasteiger partial charge is 0.478 e. The van der Waals surface area contributed by atoms with Crippen LogP contribution in [0.25, 0.3) is 6.08 Å². The van der Waals surface area contributed by atoms with Gasteiger partial charge in [-0.05, 0) is 36.8 Å². The summed E-state index contributed by atoms with van der Waals surface area (Å²) >= 11 is 5.88. The number of rotatable bonds is 6. The van der Waals surface area contributed by atoms with Crippen LogP contribution in [0, 0.1) is 6.92 Å². The average molecular weight is 380 g/mol. The minimum atomic E-state index is -1.06. The highest BCUT2D eigenvalue weighted by molar-refractivity contribution is 6.33. The number of aryl methyl sites for hydroxylation is 1. The van der Waals surface area contributed by atoms with Crippen LogP contribution in [0.5, 0.6) is 0 Å². The molecule has 27 heavy (non-hydrogen) atoms. The first kappa shape index (κ1) is 18.7. The lowest BCUT2D eigenvalue weighted by molar-refractivity contribution is 0.0697. The van der Waals surface area contributed by atoms with Crippen LogP contribution in [0.1, 0.15) is 37.5 Å². The van der Waals surface area contributed by atoms with Crippen LogP contribution in [0.15, 0.2) is 66.9 Å². The molecule has 0 saturated heterocycles. The van der Waals surface area contributed by atoms with Crippen molar-refractivity contribution in [2.75, 3.05) is 0 Å². The van der Waals surface area contributed by atoms with Crippen molar-refractivity contribution in [2.24, 2.45) is 0 Å². The van der Waals surface area contributed by atoms with Crippen molar-refractivity contribution in [1.82, 2.24) is 4.57 Å². The number of carbonyl (C=O) groups excluding carboxylic acids is 1. The topological polar surface area (TPSA) is 59.3 Å². The normalized spacial score (nSPS) is 11.0. The molecule has 0 unspecified atom stereocenters. The lowest BCUT2D eigenvalue weighted by Gasteiger charge is -2.07. The highest BCUT2D eigenvalue weighted by atomic mass is 35.5. The van der Waals surface area contributed by atoms with Gasteiger partial charge in [0, 0.05) is 18.3 Å². The SMILES string of the molecule is Cc1ccc(C(=O)c2cccn2C/C=C/c2ccc(Cl)c(C(=O)O)c2)cc1. The molecule has 0 fully saturated rings. The number of nitrogens with zero attached hydrogens (tertiary/aromatic N) is 1. The van der Waals surface area contributed by atoms with E-state index in [0.29, 0.717) is 17.8 Å². The first-order valence-corrected chi connectivity index (χ1v) is 8.79. The Labute approximate surface area is 162 Å². The number of benzene rings is 2. The molecule has 0 atom stereocenters. The number of aromatic carboxylic acids is 1. The number of carbonyl (C=O) groups is 2. The third-order valence-corrected chi connectivity index (χ3v) is 4.54. The van der Waals surface area contributed by atoms with Gasteiger partial charge in [-0.3, -0.25) is 4.79 Å². The van der Waals surface area contributed by atoms with E-state index in [0.717, 1.165) is 11.1 Å². The Bertz CT molecular complexity index is 1020. The van der Waals surface area contributed by atoms with Gasteiger partial charge in [0.2, 0.25) is 5.78 Å². The fourth-order valence-corrected chi connectivity index (χ4v) is 2.94. The first-order valence-electron chi connectivity index (χ1n) is 8.41. The molecule has 0 spiro atoms. The first-order chi connectivity index (χ1) is 13.0. The van der Waals surface area contributed by atoms with Gasteiger partial charge in [0.05, 0.1) is 16.3 Å². The number of halogens is 1. The quantitative estimate of drug-likeness (QED) is 0.606. The summed E-state index contributed by atoms with van der Waals surface area (Å²) in [4.78, 5) is 23.9. The van der Waals surface area contributed by atoms with Gasteiger partial charge >= 0.3 is 5.97 Å². The molecule has 3 rings (SSSR count). The van der Waals surface area contributed by atoms with Crippen molar-refractivity contribution >= 4 is 29.4 Å². The van der Waals surface area contributed by atoms with Crippen molar-refractivity contribution in [1.29, 1.82) is 0 Å². The number of aromatic nitrogens is 1. The van der Waals surface area contributed by atoms with E-state index < -0.39 is 5.97 Å². The molecule has 1 N–H and O–H groups in total. The van der Waals surface area contributed by atoms with E-state index in [9.17, 15) is 9.59 Å². The van der Waals surface area contributed by atoms with Crippen LogP contribution in [0.4, 0.5) is 0 Å². The van der Waals surface area contributed by atoms with Crippen LogP contribution in [-0.4, -0.2) is 21.4 Å². The van der Waals surface area contributed by atoms with Gasteiger partial charge in [-0.1, -0.05) is 59.6 Å². The van der Waals surface area contributed by atoms with Crippen LogP contribution in [-0.2, 0) is 6.54 Å². The molecular weight excluding hydrogens is 362 g/mol. The molecular formula is C22H18ClNO3. The van der Waals surface area contributed by atoms with Crippen molar-refractivity contribution < 1.29 is 14.7 Å². The fourth-order valence-electron chi connectivity index (χ4n) is 2.75. The summed E-state index contributed by atoms with van der Waals surface area (Å²) in [6.45, 7) is 2.47. The van der Waals surface area contributed by atoms with E-state index in [1.807, 2.05) is 60.2 Å². The summed E-state index contributed by atoms with van der Waals surface area (Å²) in [5, 5.41) is 9.34. The van der Waals surface area contributed by atoms with Gasteiger partial charge in [-0.2, -0.15) is 0 Å². The average Bonchev–Trinajstić information content (AvgIpc) is 3.11. The van der Waals surface area contributed by atoms with Crippen molar-refractivity contribution in [2.45, 2.75) is 13.5 Å². The van der Waals surface area contributed by atoms with Crippen LogP contribution in [0.3, 0.4) is 0 Å². The number of hydrogen-bond acceptors (Lipinski definition) is 2. The molecule has 0 aliphatic carbocycles. The minimum absolute atomic E-state index is 0.0342. The Hall–Kier alpha value is -3.11. The van der Waals surface area contributed by atoms with E-state index in [1.54, 1.807) is 18.2 Å². The fraction of sp³-hybridized carbons (Fsp3) is 0.0909. The van der Waals surface area contributed by atoms with Gasteiger partial charge in [0.1, 0.15) is 0 Å². The lowest BCUT2D eigenvalue weighted by Crippen LogP contribution is -2.09. The number of carboxylic acids is 1. The second-order valence-electron chi connectivity index (χ2n) is 6.19. The summed E-state index contributed by atoms with van der Waals surface area (Å²) in [6, 6.07) is 15.9. The maximum Gasteiger partial charge on any atom is 0.337 e. The molecule has 1 aromatic heterocycles. The molecule has 0 bridgehead atoms. The molecule has 0 amide bonds. The van der Waals surface area contributed by atoms with Gasteiger partial charge in [-0.25, -0.2) is 4.79 Å². The Morgan fingerprint density at radius 2 is 1.85 bits per heavy atom. The summed E-state index contributed by atoms with van der Waals surface area (Å²) < 4.78 is 1.85. The van der Waals surface area contributed by atoms with Crippen molar-refractivity contribution in [3.05, 3.63) is 99.8 Å². The van der Waals surface area contributed by atoms with Crippen LogP contribution < -0.4 is 0 Å². The maximum absolute atomic E-state index is 12.7. The summed E-state index contributed by atoms with van der Waals surface area (Å²) in [5.74, 6) is -1.10. The summed E-state index contributed by atoms with van der Waals surface area (Å²) in [6.07, 6.45) is 5.53. The molecule has 3 aromatic rings. The summed E-state index contributed by atoms with van der Waals surface area (Å²) in [5.41, 5.74) is 3.15. The molecule has 4 nitrogen and oxygen atoms in total. The molecule has 0 radical (unpaired) electrons. The Balaban J connectivity index is 1.76. The van der Waals surface area contributed by atoms with Gasteiger partial charge in [0.15, 0.2) is 0 Å². The lowest BCUT2D eigenvalue weighted by atomic mass is 10.1. The van der Waals surface area contributed by atoms with Crippen LogP contribution in [0.2, 0.25) is 5.02 Å². The second kappa shape index (κ2) is 8.06. The standard InChI is InChI=1S/C22H18ClNO3/c1-15-6-9-17(10-7-15)21(25)20-5-3-13-24(20)12-2-4-16-8-11-19(23)18(14-16)22(26)27/h2-11,13-14H,12H2,1H3,(H,26,27)/b4-2+. The highest BCUT2D eigenvalue weighted by Crippen LogP contribution is 2.19. The minimum Gasteiger partial charge on any atom is -0.478 e. The summed E-state index contributed by atoms with van der Waals surface area (Å²) in [7, 11) is 0. The van der Waals surface area contributed by atoms with Crippen molar-refractivity contribution in [3.8, 4) is 0 Å². The number of carboxylic acid groups (broad SMARTS) is 1. The zero-order valence-electron chi connectivity index (χ0n) is 14.7. The number of hydrogen-bond donors (Lipinski definition) is 1. The molecule has 5 heteroatoms. The van der Waals surface area contributed by atoms with Gasteiger partial charge in [-0.15, -0.1) is 0 Å². The van der Waals surface area contributed by atoms with Crippen molar-refractivity contribution in [3.63, 3.8) is 0 Å². The second-order valence-corrected chi connectivity index (χ2v) is 6.59. The van der Waals surface area contributed by atoms with Gasteiger partial charge < -0.3 is 9.67 Å². The predicted molar refractivity (Wildman–Crippen MR) is 106 cm³/mol. The number of allylic oxidation sites excluding steroid dienone is 1. The van der Waals surface area contributed by atoms with Crippen LogP contribution >= 0.6 is 11.6 Å². The van der Waals surface area contributed by atoms with E-state index in [4.69, 9.17) is 16.7 Å². The predicted octanol–water partition coefficient (Wildman–Crippen LogP) is 5.09. The Kier molecular flexibility index (Phi) is 5.57. The zero-order valence-corrected chi connectivity index (χ0v) is 15.5. The molecule has 136 valence electrons. The van der Waals surface area contributed by atoms with E-state index in [1.165, 1.54) is 6.07 Å². The van der Waals surface area contributed by atoms with E-state index in [2.05, 4.69) is 0 Å². The highest BCUT2D eigenvalue weighted by Gasteiger charge is 2.12. The number of ketones is 1. The maximum atomic E-state index is 12.7. The van der Waals surface area contributed by atoms with Gasteiger partial charge in [0.25, 0.3) is 0 Å². The molecule has 2 aromatic carbocycles. The molecule has 1 heterocycles. The Morgan fingerprint density at radius 3 is 2.56 bits per heavy atom. The smallest absolute Gasteiger partial charge is 0.337 e.